The van der Waals surface area contributed by atoms with Gasteiger partial charge in [0.2, 0.25) is 0 Å². The Hall–Kier alpha value is -3.15. The molecule has 0 radical (unpaired) electrons. The van der Waals surface area contributed by atoms with Crippen LogP contribution >= 0.6 is 0 Å². The molecule has 0 spiro atoms. The topological polar surface area (TPSA) is 70.5 Å². The second-order valence-corrected chi connectivity index (χ2v) is 5.68. The molecule has 2 heterocycles. The first-order chi connectivity index (χ1) is 12.2. The second kappa shape index (κ2) is 6.39. The number of para-hydroxylation sites is 2. The quantitative estimate of drug-likeness (QED) is 0.685. The van der Waals surface area contributed by atoms with Crippen LogP contribution in [0.4, 0.5) is 0 Å². The highest BCUT2D eigenvalue weighted by molar-refractivity contribution is 5.90. The summed E-state index contributed by atoms with van der Waals surface area (Å²) in [4.78, 5) is 21.3. The molecule has 0 aliphatic carbocycles. The lowest BCUT2D eigenvalue weighted by Crippen LogP contribution is -2.16. The SMILES string of the molecule is Cc1nc2ccccc2nc1COC(=O)c1ccc2c(c1)OCCO2. The first-order valence-corrected chi connectivity index (χ1v) is 8.00. The lowest BCUT2D eigenvalue weighted by molar-refractivity contribution is 0.0466. The van der Waals surface area contributed by atoms with Gasteiger partial charge in [-0.25, -0.2) is 14.8 Å². The van der Waals surface area contributed by atoms with E-state index in [1.165, 1.54) is 0 Å². The molecule has 1 aliphatic rings. The lowest BCUT2D eigenvalue weighted by atomic mass is 10.2. The number of carbonyl (C=O) groups excluding carboxylic acids is 1. The van der Waals surface area contributed by atoms with Gasteiger partial charge in [-0.1, -0.05) is 12.1 Å². The summed E-state index contributed by atoms with van der Waals surface area (Å²) < 4.78 is 16.3. The van der Waals surface area contributed by atoms with Gasteiger partial charge in [-0.2, -0.15) is 0 Å². The van der Waals surface area contributed by atoms with Crippen LogP contribution < -0.4 is 9.47 Å². The summed E-state index contributed by atoms with van der Waals surface area (Å²) in [5.74, 6) is 0.757. The van der Waals surface area contributed by atoms with Crippen molar-refractivity contribution in [1.29, 1.82) is 0 Å². The van der Waals surface area contributed by atoms with E-state index in [-0.39, 0.29) is 6.61 Å². The molecule has 0 amide bonds. The van der Waals surface area contributed by atoms with Crippen LogP contribution in [-0.4, -0.2) is 29.2 Å². The number of nitrogens with zero attached hydrogens (tertiary/aromatic N) is 2. The van der Waals surface area contributed by atoms with Crippen LogP contribution in [0.3, 0.4) is 0 Å². The van der Waals surface area contributed by atoms with Gasteiger partial charge in [0.1, 0.15) is 19.8 Å². The summed E-state index contributed by atoms with van der Waals surface area (Å²) in [6.07, 6.45) is 0. The number of rotatable bonds is 3. The zero-order chi connectivity index (χ0) is 17.2. The minimum absolute atomic E-state index is 0.0664. The Kier molecular flexibility index (Phi) is 3.93. The third-order valence-electron chi connectivity index (χ3n) is 3.96. The summed E-state index contributed by atoms with van der Waals surface area (Å²) >= 11 is 0. The van der Waals surface area contributed by atoms with Crippen LogP contribution in [0, 0.1) is 6.92 Å². The Morgan fingerprint density at radius 2 is 1.76 bits per heavy atom. The number of carbonyl (C=O) groups is 1. The number of hydrogen-bond acceptors (Lipinski definition) is 6. The van der Waals surface area contributed by atoms with Gasteiger partial charge in [0.15, 0.2) is 11.5 Å². The summed E-state index contributed by atoms with van der Waals surface area (Å²) in [5, 5.41) is 0. The van der Waals surface area contributed by atoms with Crippen LogP contribution in [0.5, 0.6) is 11.5 Å². The number of aromatic nitrogens is 2. The molecule has 3 aromatic rings. The van der Waals surface area contributed by atoms with Crippen LogP contribution in [0.15, 0.2) is 42.5 Å². The largest absolute Gasteiger partial charge is 0.486 e. The van der Waals surface area contributed by atoms with E-state index in [4.69, 9.17) is 14.2 Å². The fourth-order valence-corrected chi connectivity index (χ4v) is 2.65. The van der Waals surface area contributed by atoms with Gasteiger partial charge in [-0.05, 0) is 37.3 Å². The van der Waals surface area contributed by atoms with Crippen molar-refractivity contribution in [1.82, 2.24) is 9.97 Å². The van der Waals surface area contributed by atoms with E-state index in [9.17, 15) is 4.79 Å². The van der Waals surface area contributed by atoms with Gasteiger partial charge >= 0.3 is 5.97 Å². The number of ether oxygens (including phenoxy) is 3. The van der Waals surface area contributed by atoms with Crippen molar-refractivity contribution in [2.75, 3.05) is 13.2 Å². The van der Waals surface area contributed by atoms with E-state index < -0.39 is 5.97 Å². The van der Waals surface area contributed by atoms with E-state index in [0.29, 0.717) is 36.0 Å². The predicted molar refractivity (Wildman–Crippen MR) is 90.8 cm³/mol. The zero-order valence-electron chi connectivity index (χ0n) is 13.7. The maximum atomic E-state index is 12.3. The summed E-state index contributed by atoms with van der Waals surface area (Å²) in [7, 11) is 0. The van der Waals surface area contributed by atoms with E-state index in [2.05, 4.69) is 9.97 Å². The molecule has 0 fully saturated rings. The van der Waals surface area contributed by atoms with Gasteiger partial charge in [-0.15, -0.1) is 0 Å². The molecular weight excluding hydrogens is 320 g/mol. The van der Waals surface area contributed by atoms with Crippen molar-refractivity contribution in [2.45, 2.75) is 13.5 Å². The molecule has 1 aromatic heterocycles. The molecule has 0 saturated carbocycles. The van der Waals surface area contributed by atoms with Gasteiger partial charge in [0.25, 0.3) is 0 Å². The smallest absolute Gasteiger partial charge is 0.338 e. The highest BCUT2D eigenvalue weighted by Crippen LogP contribution is 2.31. The fraction of sp³-hybridized carbons (Fsp3) is 0.211. The van der Waals surface area contributed by atoms with E-state index in [1.54, 1.807) is 18.2 Å². The van der Waals surface area contributed by atoms with E-state index in [1.807, 2.05) is 31.2 Å². The third kappa shape index (κ3) is 3.10. The molecule has 0 atom stereocenters. The molecule has 6 nitrogen and oxygen atoms in total. The van der Waals surface area contributed by atoms with Crippen LogP contribution in [0.2, 0.25) is 0 Å². The Balaban J connectivity index is 1.51. The molecule has 0 unspecified atom stereocenters. The van der Waals surface area contributed by atoms with Crippen molar-refractivity contribution < 1.29 is 19.0 Å². The Bertz CT molecular complexity index is 955. The van der Waals surface area contributed by atoms with Crippen molar-refractivity contribution in [3.05, 3.63) is 59.4 Å². The van der Waals surface area contributed by atoms with Crippen LogP contribution in [-0.2, 0) is 11.3 Å². The first-order valence-electron chi connectivity index (χ1n) is 8.00. The normalized spacial score (nSPS) is 12.8. The summed E-state index contributed by atoms with van der Waals surface area (Å²) in [6, 6.07) is 12.6. The molecule has 126 valence electrons. The van der Waals surface area contributed by atoms with Crippen molar-refractivity contribution >= 4 is 17.0 Å². The minimum atomic E-state index is -0.439. The van der Waals surface area contributed by atoms with Gasteiger partial charge < -0.3 is 14.2 Å². The monoisotopic (exact) mass is 336 g/mol. The summed E-state index contributed by atoms with van der Waals surface area (Å²) in [5.41, 5.74) is 3.40. The molecule has 25 heavy (non-hydrogen) atoms. The van der Waals surface area contributed by atoms with E-state index in [0.717, 1.165) is 16.7 Å². The van der Waals surface area contributed by atoms with Crippen molar-refractivity contribution in [2.24, 2.45) is 0 Å². The van der Waals surface area contributed by atoms with Crippen molar-refractivity contribution in [3.8, 4) is 11.5 Å². The standard InChI is InChI=1S/C19H16N2O4/c1-12-16(21-15-5-3-2-4-14(15)20-12)11-25-19(22)13-6-7-17-18(10-13)24-9-8-23-17/h2-7,10H,8-9,11H2,1H3. The third-order valence-corrected chi connectivity index (χ3v) is 3.96. The molecule has 1 aliphatic heterocycles. The molecular formula is C19H16N2O4. The number of aryl methyl sites for hydroxylation is 1. The fourth-order valence-electron chi connectivity index (χ4n) is 2.65. The Morgan fingerprint density at radius 3 is 2.56 bits per heavy atom. The average molecular weight is 336 g/mol. The number of fused-ring (bicyclic) bond motifs is 2. The molecule has 0 N–H and O–H groups in total. The Labute approximate surface area is 144 Å². The molecule has 6 heteroatoms. The van der Waals surface area contributed by atoms with E-state index >= 15 is 0 Å². The molecule has 0 bridgehead atoms. The zero-order valence-corrected chi connectivity index (χ0v) is 13.7. The Morgan fingerprint density at radius 1 is 1.04 bits per heavy atom. The maximum absolute atomic E-state index is 12.3. The second-order valence-electron chi connectivity index (χ2n) is 5.68. The lowest BCUT2D eigenvalue weighted by Gasteiger charge is -2.18. The van der Waals surface area contributed by atoms with Gasteiger partial charge in [-0.3, -0.25) is 0 Å². The molecule has 0 saturated heterocycles. The number of hydrogen-bond donors (Lipinski definition) is 0. The average Bonchev–Trinajstić information content (AvgIpc) is 2.65. The maximum Gasteiger partial charge on any atom is 0.338 e. The number of esters is 1. The van der Waals surface area contributed by atoms with Crippen molar-refractivity contribution in [3.63, 3.8) is 0 Å². The molecule has 2 aromatic carbocycles. The first kappa shape index (κ1) is 15.4. The van der Waals surface area contributed by atoms with Crippen LogP contribution in [0.25, 0.3) is 11.0 Å². The minimum Gasteiger partial charge on any atom is -0.486 e. The van der Waals surface area contributed by atoms with Gasteiger partial charge in [0, 0.05) is 0 Å². The predicted octanol–water partition coefficient (Wildman–Crippen LogP) is 3.07. The highest BCUT2D eigenvalue weighted by atomic mass is 16.6. The van der Waals surface area contributed by atoms with Gasteiger partial charge in [0.05, 0.1) is 28.0 Å². The highest BCUT2D eigenvalue weighted by Gasteiger charge is 2.16. The summed E-state index contributed by atoms with van der Waals surface area (Å²) in [6.45, 7) is 2.90. The van der Waals surface area contributed by atoms with Crippen LogP contribution in [0.1, 0.15) is 21.7 Å². The molecule has 4 rings (SSSR count). The number of benzene rings is 2.